The van der Waals surface area contributed by atoms with E-state index in [-0.39, 0.29) is 6.10 Å². The first kappa shape index (κ1) is 11.0. The van der Waals surface area contributed by atoms with Gasteiger partial charge in [-0.15, -0.1) is 0 Å². The summed E-state index contributed by atoms with van der Waals surface area (Å²) in [5, 5.41) is 10.1. The van der Waals surface area contributed by atoms with E-state index in [2.05, 4.69) is 9.88 Å². The molecule has 1 fully saturated rings. The number of benzene rings is 1. The average molecular weight is 253 g/mol. The lowest BCUT2D eigenvalue weighted by atomic mass is 10.2. The number of likely N-dealkylation sites (tertiary alicyclic amines) is 1. The van der Waals surface area contributed by atoms with E-state index in [1.165, 1.54) is 6.39 Å². The molecular formula is C12H13ClN2O2. The molecule has 0 aliphatic carbocycles. The van der Waals surface area contributed by atoms with Gasteiger partial charge in [0.1, 0.15) is 5.52 Å². The summed E-state index contributed by atoms with van der Waals surface area (Å²) >= 11 is 6.12. The summed E-state index contributed by atoms with van der Waals surface area (Å²) in [4.78, 5) is 6.32. The Morgan fingerprint density at radius 2 is 2.41 bits per heavy atom. The summed E-state index contributed by atoms with van der Waals surface area (Å²) < 4.78 is 5.19. The molecule has 1 saturated heterocycles. The summed E-state index contributed by atoms with van der Waals surface area (Å²) in [7, 11) is 0. The molecule has 1 aromatic carbocycles. The number of hydrogen-bond donors (Lipinski definition) is 1. The summed E-state index contributed by atoms with van der Waals surface area (Å²) in [6, 6.07) is 3.88. The van der Waals surface area contributed by atoms with Crippen molar-refractivity contribution in [1.29, 1.82) is 0 Å². The maximum Gasteiger partial charge on any atom is 0.182 e. The quantitative estimate of drug-likeness (QED) is 0.889. The number of fused-ring (bicyclic) bond motifs is 1. The lowest BCUT2D eigenvalue weighted by Crippen LogP contribution is -2.21. The second kappa shape index (κ2) is 4.29. The maximum atomic E-state index is 9.48. The molecule has 1 N–H and O–H groups in total. The molecule has 5 heteroatoms. The molecule has 0 unspecified atom stereocenters. The third kappa shape index (κ3) is 2.16. The van der Waals surface area contributed by atoms with E-state index in [1.807, 2.05) is 12.1 Å². The van der Waals surface area contributed by atoms with Gasteiger partial charge in [0.25, 0.3) is 0 Å². The van der Waals surface area contributed by atoms with E-state index in [0.717, 1.165) is 37.1 Å². The van der Waals surface area contributed by atoms with E-state index < -0.39 is 0 Å². The molecule has 2 heterocycles. The van der Waals surface area contributed by atoms with Gasteiger partial charge in [-0.25, -0.2) is 4.98 Å². The zero-order valence-corrected chi connectivity index (χ0v) is 10.0. The van der Waals surface area contributed by atoms with Gasteiger partial charge in [-0.3, -0.25) is 4.90 Å². The second-order valence-corrected chi connectivity index (χ2v) is 4.86. The fourth-order valence-electron chi connectivity index (χ4n) is 2.29. The van der Waals surface area contributed by atoms with E-state index in [4.69, 9.17) is 16.0 Å². The number of aliphatic hydroxyl groups excluding tert-OH is 1. The summed E-state index contributed by atoms with van der Waals surface area (Å²) in [5.74, 6) is 0. The summed E-state index contributed by atoms with van der Waals surface area (Å²) in [5.41, 5.74) is 2.52. The zero-order valence-electron chi connectivity index (χ0n) is 9.27. The highest BCUT2D eigenvalue weighted by Crippen LogP contribution is 2.25. The maximum absolute atomic E-state index is 9.48. The highest BCUT2D eigenvalue weighted by molar-refractivity contribution is 6.34. The van der Waals surface area contributed by atoms with Crippen LogP contribution in [0.5, 0.6) is 0 Å². The normalized spacial score (nSPS) is 21.4. The van der Waals surface area contributed by atoms with Crippen LogP contribution in [0.1, 0.15) is 12.0 Å². The van der Waals surface area contributed by atoms with Gasteiger partial charge < -0.3 is 9.52 Å². The monoisotopic (exact) mass is 252 g/mol. The molecular weight excluding hydrogens is 240 g/mol. The highest BCUT2D eigenvalue weighted by Gasteiger charge is 2.20. The van der Waals surface area contributed by atoms with Crippen LogP contribution in [0.3, 0.4) is 0 Å². The molecule has 17 heavy (non-hydrogen) atoms. The van der Waals surface area contributed by atoms with Crippen molar-refractivity contribution < 1.29 is 9.52 Å². The smallest absolute Gasteiger partial charge is 0.182 e. The molecule has 1 aromatic heterocycles. The fraction of sp³-hybridized carbons (Fsp3) is 0.417. The fourth-order valence-corrected chi connectivity index (χ4v) is 2.57. The Morgan fingerprint density at radius 1 is 1.53 bits per heavy atom. The van der Waals surface area contributed by atoms with Gasteiger partial charge in [0.2, 0.25) is 0 Å². The molecule has 0 bridgehead atoms. The SMILES string of the molecule is O[C@H]1CCN(Cc2cc(Cl)c3ocnc3c2)C1. The van der Waals surface area contributed by atoms with Crippen LogP contribution in [-0.4, -0.2) is 34.2 Å². The van der Waals surface area contributed by atoms with E-state index in [1.54, 1.807) is 0 Å². The Hall–Kier alpha value is -1.10. The summed E-state index contributed by atoms with van der Waals surface area (Å²) in [6.07, 6.45) is 2.06. The van der Waals surface area contributed by atoms with Crippen molar-refractivity contribution in [2.24, 2.45) is 0 Å². The average Bonchev–Trinajstić information content (AvgIpc) is 2.87. The number of aromatic nitrogens is 1. The Kier molecular flexibility index (Phi) is 2.78. The van der Waals surface area contributed by atoms with Crippen molar-refractivity contribution in [3.8, 4) is 0 Å². The van der Waals surface area contributed by atoms with Crippen LogP contribution in [0.4, 0.5) is 0 Å². The van der Waals surface area contributed by atoms with Crippen molar-refractivity contribution >= 4 is 22.7 Å². The van der Waals surface area contributed by atoms with Crippen LogP contribution in [-0.2, 0) is 6.54 Å². The first-order chi connectivity index (χ1) is 8.22. The third-order valence-corrected chi connectivity index (χ3v) is 3.38. The Morgan fingerprint density at radius 3 is 3.18 bits per heavy atom. The standard InChI is InChI=1S/C12H13ClN2O2/c13-10-3-8(4-11-12(10)17-7-14-11)5-15-2-1-9(16)6-15/h3-4,7,9,16H,1-2,5-6H2/t9-/m0/s1. The van der Waals surface area contributed by atoms with Gasteiger partial charge >= 0.3 is 0 Å². The first-order valence-electron chi connectivity index (χ1n) is 5.64. The van der Waals surface area contributed by atoms with Gasteiger partial charge in [0, 0.05) is 19.6 Å². The van der Waals surface area contributed by atoms with E-state index in [9.17, 15) is 5.11 Å². The first-order valence-corrected chi connectivity index (χ1v) is 6.02. The minimum atomic E-state index is -0.193. The topological polar surface area (TPSA) is 49.5 Å². The van der Waals surface area contributed by atoms with Crippen molar-refractivity contribution in [3.63, 3.8) is 0 Å². The molecule has 1 aliphatic heterocycles. The molecule has 0 amide bonds. The van der Waals surface area contributed by atoms with Gasteiger partial charge in [-0.1, -0.05) is 11.6 Å². The van der Waals surface area contributed by atoms with Crippen LogP contribution < -0.4 is 0 Å². The number of hydrogen-bond acceptors (Lipinski definition) is 4. The molecule has 0 saturated carbocycles. The highest BCUT2D eigenvalue weighted by atomic mass is 35.5. The molecule has 2 aromatic rings. The largest absolute Gasteiger partial charge is 0.442 e. The van der Waals surface area contributed by atoms with Crippen LogP contribution in [0.25, 0.3) is 11.1 Å². The molecule has 1 aliphatic rings. The predicted molar refractivity (Wildman–Crippen MR) is 64.9 cm³/mol. The predicted octanol–water partition coefficient (Wildman–Crippen LogP) is 2.05. The van der Waals surface area contributed by atoms with Crippen molar-refractivity contribution in [3.05, 3.63) is 29.1 Å². The van der Waals surface area contributed by atoms with E-state index >= 15 is 0 Å². The third-order valence-electron chi connectivity index (χ3n) is 3.10. The lowest BCUT2D eigenvalue weighted by Gasteiger charge is -2.14. The molecule has 0 radical (unpaired) electrons. The van der Waals surface area contributed by atoms with Crippen molar-refractivity contribution in [2.45, 2.75) is 19.1 Å². The minimum absolute atomic E-state index is 0.193. The molecule has 0 spiro atoms. The molecule has 1 atom stereocenters. The van der Waals surface area contributed by atoms with Crippen molar-refractivity contribution in [2.75, 3.05) is 13.1 Å². The van der Waals surface area contributed by atoms with Gasteiger partial charge in [0.05, 0.1) is 11.1 Å². The van der Waals surface area contributed by atoms with Crippen LogP contribution >= 0.6 is 11.6 Å². The van der Waals surface area contributed by atoms with Crippen LogP contribution in [0, 0.1) is 0 Å². The van der Waals surface area contributed by atoms with E-state index in [0.29, 0.717) is 10.6 Å². The zero-order chi connectivity index (χ0) is 11.8. The van der Waals surface area contributed by atoms with Gasteiger partial charge in [0.15, 0.2) is 12.0 Å². The lowest BCUT2D eigenvalue weighted by molar-refractivity contribution is 0.175. The number of aliphatic hydroxyl groups is 1. The Bertz CT molecular complexity index is 540. The van der Waals surface area contributed by atoms with Crippen molar-refractivity contribution in [1.82, 2.24) is 9.88 Å². The minimum Gasteiger partial charge on any atom is -0.442 e. The van der Waals surface area contributed by atoms with Gasteiger partial charge in [-0.2, -0.15) is 0 Å². The van der Waals surface area contributed by atoms with Gasteiger partial charge in [-0.05, 0) is 24.1 Å². The molecule has 4 nitrogen and oxygen atoms in total. The molecule has 90 valence electrons. The Labute approximate surface area is 104 Å². The van der Waals surface area contributed by atoms with Crippen LogP contribution in [0.2, 0.25) is 5.02 Å². The number of β-amino-alcohol motifs (C(OH)–C–C–N with tert-alkyl or cyclic N) is 1. The number of nitrogens with zero attached hydrogens (tertiary/aromatic N) is 2. The number of oxazole rings is 1. The number of rotatable bonds is 2. The second-order valence-electron chi connectivity index (χ2n) is 4.46. The molecule has 3 rings (SSSR count). The number of halogens is 1. The van der Waals surface area contributed by atoms with Crippen LogP contribution in [0.15, 0.2) is 22.9 Å². The summed E-state index contributed by atoms with van der Waals surface area (Å²) in [6.45, 7) is 2.45. The Balaban J connectivity index is 1.85.